The summed E-state index contributed by atoms with van der Waals surface area (Å²) in [5.74, 6) is 0.619. The summed E-state index contributed by atoms with van der Waals surface area (Å²) in [5, 5.41) is 8.43. The minimum absolute atomic E-state index is 0.133. The molecule has 1 aliphatic rings. The normalized spacial score (nSPS) is 15.9. The van der Waals surface area contributed by atoms with Crippen molar-refractivity contribution in [3.05, 3.63) is 65.7 Å². The molecule has 1 N–H and O–H groups in total. The maximum Gasteiger partial charge on any atom is 0.277 e. The zero-order chi connectivity index (χ0) is 20.9. The summed E-state index contributed by atoms with van der Waals surface area (Å²) in [6.45, 7) is 8.45. The fourth-order valence-corrected chi connectivity index (χ4v) is 4.48. The maximum atomic E-state index is 12.9. The van der Waals surface area contributed by atoms with E-state index in [1.807, 2.05) is 49.1 Å². The van der Waals surface area contributed by atoms with Crippen molar-refractivity contribution in [1.82, 2.24) is 15.1 Å². The molecule has 1 fully saturated rings. The van der Waals surface area contributed by atoms with Gasteiger partial charge in [0.05, 0.1) is 31.4 Å². The molecule has 0 unspecified atom stereocenters. The predicted octanol–water partition coefficient (Wildman–Crippen LogP) is 2.45. The van der Waals surface area contributed by atoms with Crippen LogP contribution in [-0.2, 0) is 11.3 Å². The second-order valence-electron chi connectivity index (χ2n) is 7.74. The highest BCUT2D eigenvalue weighted by Gasteiger charge is 2.28. The van der Waals surface area contributed by atoms with E-state index in [0.717, 1.165) is 43.9 Å². The van der Waals surface area contributed by atoms with Gasteiger partial charge in [-0.05, 0) is 26.0 Å². The molecule has 1 aromatic heterocycles. The fourth-order valence-electron chi connectivity index (χ4n) is 3.72. The number of rotatable bonds is 6. The first-order valence-electron chi connectivity index (χ1n) is 10.3. The SMILES string of the molecule is Cc1cccc(-c2nnc(S[C@H](C)C(=O)N3CC[NH+](Cc4ccccc4)CC3)o2)c1. The van der Waals surface area contributed by atoms with Crippen LogP contribution in [0.2, 0.25) is 0 Å². The van der Waals surface area contributed by atoms with Crippen LogP contribution in [0, 0.1) is 6.92 Å². The van der Waals surface area contributed by atoms with Gasteiger partial charge in [-0.15, -0.1) is 10.2 Å². The van der Waals surface area contributed by atoms with Gasteiger partial charge in [-0.2, -0.15) is 0 Å². The molecule has 0 bridgehead atoms. The molecule has 0 saturated carbocycles. The number of thioether (sulfide) groups is 1. The average Bonchev–Trinajstić information content (AvgIpc) is 3.23. The molecule has 2 heterocycles. The number of nitrogens with one attached hydrogen (secondary N) is 1. The predicted molar refractivity (Wildman–Crippen MR) is 117 cm³/mol. The first kappa shape index (κ1) is 20.6. The van der Waals surface area contributed by atoms with Crippen molar-refractivity contribution in [2.45, 2.75) is 30.9 Å². The summed E-state index contributed by atoms with van der Waals surface area (Å²) in [4.78, 5) is 16.4. The molecule has 6 nitrogen and oxygen atoms in total. The van der Waals surface area contributed by atoms with Gasteiger partial charge in [0, 0.05) is 11.1 Å². The van der Waals surface area contributed by atoms with E-state index in [1.165, 1.54) is 22.2 Å². The van der Waals surface area contributed by atoms with Gasteiger partial charge in [0.1, 0.15) is 6.54 Å². The number of aromatic nitrogens is 2. The minimum Gasteiger partial charge on any atom is -0.411 e. The maximum absolute atomic E-state index is 12.9. The zero-order valence-electron chi connectivity index (χ0n) is 17.4. The monoisotopic (exact) mass is 423 g/mol. The Kier molecular flexibility index (Phi) is 6.50. The van der Waals surface area contributed by atoms with E-state index in [-0.39, 0.29) is 11.2 Å². The standard InChI is InChI=1S/C23H26N4O2S/c1-17-7-6-10-20(15-17)21-24-25-23(29-21)30-18(2)22(28)27-13-11-26(12-14-27)16-19-8-4-3-5-9-19/h3-10,15,18H,11-14,16H2,1-2H3/p+1/t18-/m1/s1. The lowest BCUT2D eigenvalue weighted by Crippen LogP contribution is -3.13. The molecule has 156 valence electrons. The van der Waals surface area contributed by atoms with Gasteiger partial charge in [-0.25, -0.2) is 0 Å². The van der Waals surface area contributed by atoms with Crippen LogP contribution in [0.4, 0.5) is 0 Å². The highest BCUT2D eigenvalue weighted by Crippen LogP contribution is 2.27. The summed E-state index contributed by atoms with van der Waals surface area (Å²) in [6, 6.07) is 18.5. The van der Waals surface area contributed by atoms with Crippen LogP contribution >= 0.6 is 11.8 Å². The average molecular weight is 424 g/mol. The third kappa shape index (κ3) is 5.09. The first-order valence-corrected chi connectivity index (χ1v) is 11.2. The number of aryl methyl sites for hydroxylation is 1. The van der Waals surface area contributed by atoms with Gasteiger partial charge >= 0.3 is 0 Å². The lowest BCUT2D eigenvalue weighted by Gasteiger charge is -2.33. The topological polar surface area (TPSA) is 63.7 Å². The summed E-state index contributed by atoms with van der Waals surface area (Å²) in [5.41, 5.74) is 3.37. The number of piperazine rings is 1. The van der Waals surface area contributed by atoms with Crippen molar-refractivity contribution < 1.29 is 14.1 Å². The first-order chi connectivity index (χ1) is 14.6. The molecule has 1 saturated heterocycles. The van der Waals surface area contributed by atoms with Crippen molar-refractivity contribution in [3.8, 4) is 11.5 Å². The van der Waals surface area contributed by atoms with Crippen molar-refractivity contribution >= 4 is 17.7 Å². The van der Waals surface area contributed by atoms with Crippen LogP contribution in [0.15, 0.2) is 64.2 Å². The molecule has 0 radical (unpaired) electrons. The second-order valence-corrected chi connectivity index (χ2v) is 9.03. The molecular formula is C23H27N4O2S+. The number of carbonyl (C=O) groups excluding carboxylic acids is 1. The van der Waals surface area contributed by atoms with Crippen LogP contribution in [-0.4, -0.2) is 52.4 Å². The fraction of sp³-hybridized carbons (Fsp3) is 0.348. The van der Waals surface area contributed by atoms with E-state index in [4.69, 9.17) is 4.42 Å². The molecule has 3 aromatic rings. The van der Waals surface area contributed by atoms with Crippen LogP contribution in [0.3, 0.4) is 0 Å². The Morgan fingerprint density at radius 2 is 1.90 bits per heavy atom. The number of carbonyl (C=O) groups is 1. The number of hydrogen-bond donors (Lipinski definition) is 1. The Morgan fingerprint density at radius 3 is 2.63 bits per heavy atom. The lowest BCUT2D eigenvalue weighted by atomic mass is 10.1. The van der Waals surface area contributed by atoms with Gasteiger partial charge in [0.15, 0.2) is 0 Å². The van der Waals surface area contributed by atoms with E-state index >= 15 is 0 Å². The number of benzene rings is 2. The van der Waals surface area contributed by atoms with Gasteiger partial charge in [0.25, 0.3) is 5.22 Å². The van der Waals surface area contributed by atoms with Gasteiger partial charge < -0.3 is 14.2 Å². The van der Waals surface area contributed by atoms with Crippen molar-refractivity contribution in [3.63, 3.8) is 0 Å². The van der Waals surface area contributed by atoms with Crippen LogP contribution in [0.1, 0.15) is 18.1 Å². The van der Waals surface area contributed by atoms with Crippen molar-refractivity contribution in [2.24, 2.45) is 0 Å². The van der Waals surface area contributed by atoms with E-state index in [9.17, 15) is 4.79 Å². The van der Waals surface area contributed by atoms with Gasteiger partial charge in [-0.1, -0.05) is 59.8 Å². The van der Waals surface area contributed by atoms with E-state index in [1.54, 1.807) is 0 Å². The largest absolute Gasteiger partial charge is 0.411 e. The molecule has 1 amide bonds. The van der Waals surface area contributed by atoms with Crippen molar-refractivity contribution in [1.29, 1.82) is 0 Å². The third-order valence-corrected chi connectivity index (χ3v) is 6.30. The van der Waals surface area contributed by atoms with E-state index in [2.05, 4.69) is 34.5 Å². The molecule has 7 heteroatoms. The van der Waals surface area contributed by atoms with E-state index in [0.29, 0.717) is 11.1 Å². The highest BCUT2D eigenvalue weighted by molar-refractivity contribution is 8.00. The van der Waals surface area contributed by atoms with Crippen LogP contribution in [0.25, 0.3) is 11.5 Å². The Hall–Kier alpha value is -2.64. The molecule has 2 aromatic carbocycles. The van der Waals surface area contributed by atoms with Crippen LogP contribution < -0.4 is 4.90 Å². The van der Waals surface area contributed by atoms with E-state index < -0.39 is 0 Å². The summed E-state index contributed by atoms with van der Waals surface area (Å²) < 4.78 is 5.78. The molecule has 0 aliphatic carbocycles. The summed E-state index contributed by atoms with van der Waals surface area (Å²) in [7, 11) is 0. The van der Waals surface area contributed by atoms with Gasteiger partial charge in [-0.3, -0.25) is 4.79 Å². The number of quaternary nitrogens is 1. The smallest absolute Gasteiger partial charge is 0.277 e. The number of nitrogens with zero attached hydrogens (tertiary/aromatic N) is 3. The molecule has 30 heavy (non-hydrogen) atoms. The lowest BCUT2D eigenvalue weighted by molar-refractivity contribution is -0.917. The summed E-state index contributed by atoms with van der Waals surface area (Å²) >= 11 is 1.33. The molecule has 1 aliphatic heterocycles. The molecule has 0 spiro atoms. The van der Waals surface area contributed by atoms with Gasteiger partial charge in [0.2, 0.25) is 11.8 Å². The third-order valence-electron chi connectivity index (χ3n) is 5.38. The molecule has 1 atom stereocenters. The Balaban J connectivity index is 1.29. The minimum atomic E-state index is -0.258. The van der Waals surface area contributed by atoms with Crippen molar-refractivity contribution in [2.75, 3.05) is 26.2 Å². The molecule has 4 rings (SSSR count). The highest BCUT2D eigenvalue weighted by atomic mass is 32.2. The second kappa shape index (κ2) is 9.45. The zero-order valence-corrected chi connectivity index (χ0v) is 18.2. The Bertz CT molecular complexity index is 984. The summed E-state index contributed by atoms with van der Waals surface area (Å²) in [6.07, 6.45) is 0. The Labute approximate surface area is 181 Å². The molecular weight excluding hydrogens is 396 g/mol. The van der Waals surface area contributed by atoms with Crippen LogP contribution in [0.5, 0.6) is 0 Å². The number of amides is 1. The number of hydrogen-bond acceptors (Lipinski definition) is 5. The quantitative estimate of drug-likeness (QED) is 0.617. The Morgan fingerprint density at radius 1 is 1.13 bits per heavy atom.